The molecule has 0 aliphatic rings. The van der Waals surface area contributed by atoms with Crippen molar-refractivity contribution in [3.63, 3.8) is 0 Å². The molecular formula is C34H36Cl2F10N2O2S2Ti. The summed E-state index contributed by atoms with van der Waals surface area (Å²) in [6.45, 7) is 11.1. The Morgan fingerprint density at radius 1 is 0.509 bits per heavy atom. The van der Waals surface area contributed by atoms with Gasteiger partial charge in [0.2, 0.25) is 0 Å². The number of rotatable bonds is 6. The second kappa shape index (κ2) is 14.6. The first-order valence-electron chi connectivity index (χ1n) is 15.0. The van der Waals surface area contributed by atoms with Gasteiger partial charge in [0.25, 0.3) is 0 Å². The van der Waals surface area contributed by atoms with E-state index in [9.17, 15) is 49.1 Å². The quantitative estimate of drug-likeness (QED) is 0.115. The van der Waals surface area contributed by atoms with E-state index < -0.39 is 69.5 Å². The van der Waals surface area contributed by atoms with Crippen LogP contribution in [0.5, 0.6) is 11.5 Å². The van der Waals surface area contributed by atoms with E-state index in [0.29, 0.717) is 23.3 Å². The Kier molecular flexibility index (Phi) is 12.8. The summed E-state index contributed by atoms with van der Waals surface area (Å²) in [4.78, 5) is 3.02. The number of phenols is 2. The van der Waals surface area contributed by atoms with Gasteiger partial charge in [-0.25, -0.2) is 0 Å². The van der Waals surface area contributed by atoms with Crippen LogP contribution in [-0.4, -0.2) is 22.6 Å². The molecule has 0 spiro atoms. The summed E-state index contributed by atoms with van der Waals surface area (Å²) >= 11 is -0.556. The molecule has 0 saturated carbocycles. The zero-order valence-corrected chi connectivity index (χ0v) is 33.6. The number of halogens is 12. The summed E-state index contributed by atoms with van der Waals surface area (Å²) in [6.07, 6.45) is 1.90. The Morgan fingerprint density at radius 2 is 0.792 bits per heavy atom. The Labute approximate surface area is 318 Å². The third-order valence-electron chi connectivity index (χ3n) is 7.00. The van der Waals surface area contributed by atoms with Gasteiger partial charge in [-0.1, -0.05) is 129 Å². The summed E-state index contributed by atoms with van der Waals surface area (Å²) in [5, 5.41) is 20.6. The zero-order valence-electron chi connectivity index (χ0n) is 28.9. The molecule has 294 valence electrons. The number of hydrogen-bond donors (Lipinski definition) is 2. The van der Waals surface area contributed by atoms with E-state index in [1.54, 1.807) is 24.3 Å². The predicted molar refractivity (Wildman–Crippen MR) is 196 cm³/mol. The SMILES string of the molecule is CC(C)(C)c1cccc(C=Nc2ccccc2S(F)(F)(F)(F)F)c1O.CC(C)(C)c1cccc(C=Nc2ccccc2S(F)(F)(F)(F)F)c1O.[Cl][Ti][Cl]. The maximum absolute atomic E-state index is 13.1. The van der Waals surface area contributed by atoms with Gasteiger partial charge in [-0.3, -0.25) is 9.98 Å². The molecule has 0 amide bonds. The van der Waals surface area contributed by atoms with Gasteiger partial charge >= 0.3 is 56.1 Å². The fourth-order valence-corrected chi connectivity index (χ4v) is 6.30. The first-order valence-corrected chi connectivity index (χ1v) is 23.2. The first kappa shape index (κ1) is 46.3. The van der Waals surface area contributed by atoms with Crippen molar-refractivity contribution in [2.45, 2.75) is 62.2 Å². The number of para-hydroxylation sites is 4. The van der Waals surface area contributed by atoms with Crippen molar-refractivity contribution in [2.24, 2.45) is 9.98 Å². The van der Waals surface area contributed by atoms with Crippen LogP contribution in [-0.2, 0) is 27.9 Å². The van der Waals surface area contributed by atoms with Gasteiger partial charge in [-0.15, -0.1) is 0 Å². The van der Waals surface area contributed by atoms with Crippen LogP contribution < -0.4 is 0 Å². The van der Waals surface area contributed by atoms with E-state index in [1.165, 1.54) is 24.3 Å². The van der Waals surface area contributed by atoms with Crippen molar-refractivity contribution in [1.29, 1.82) is 0 Å². The van der Waals surface area contributed by atoms with Gasteiger partial charge in [0.1, 0.15) is 21.3 Å². The van der Waals surface area contributed by atoms with Crippen molar-refractivity contribution in [2.75, 3.05) is 0 Å². The molecule has 0 aliphatic heterocycles. The van der Waals surface area contributed by atoms with Gasteiger partial charge < -0.3 is 10.2 Å². The van der Waals surface area contributed by atoms with Crippen LogP contribution in [0.1, 0.15) is 63.8 Å². The molecule has 0 radical (unpaired) electrons. The summed E-state index contributed by atoms with van der Waals surface area (Å²) in [5.41, 5.74) is -1.20. The van der Waals surface area contributed by atoms with Gasteiger partial charge in [0, 0.05) is 23.6 Å². The van der Waals surface area contributed by atoms with Crippen LogP contribution in [0.3, 0.4) is 0 Å². The van der Waals surface area contributed by atoms with Crippen molar-refractivity contribution >= 4 is 62.9 Å². The molecule has 0 heterocycles. The molecule has 4 rings (SSSR count). The number of aliphatic imine (C=N–C) groups is 2. The van der Waals surface area contributed by atoms with E-state index in [0.717, 1.165) is 36.7 Å². The molecule has 0 aromatic heterocycles. The van der Waals surface area contributed by atoms with Crippen LogP contribution in [0.25, 0.3) is 0 Å². The van der Waals surface area contributed by atoms with E-state index in [-0.39, 0.29) is 22.6 Å². The second-order valence-electron chi connectivity index (χ2n) is 13.4. The molecule has 0 atom stereocenters. The minimum absolute atomic E-state index is 0.143. The Morgan fingerprint density at radius 3 is 1.06 bits per heavy atom. The average Bonchev–Trinajstić information content (AvgIpc) is 2.98. The maximum atomic E-state index is 13.1. The fourth-order valence-electron chi connectivity index (χ4n) is 4.60. The molecule has 0 bridgehead atoms. The minimum atomic E-state index is -9.86. The molecule has 0 unspecified atom stereocenters. The molecule has 4 aromatic rings. The van der Waals surface area contributed by atoms with Crippen LogP contribution >= 0.6 is 39.1 Å². The van der Waals surface area contributed by atoms with Crippen LogP contribution in [0, 0.1) is 0 Å². The topological polar surface area (TPSA) is 65.2 Å². The van der Waals surface area contributed by atoms with Gasteiger partial charge in [0.05, 0.1) is 11.4 Å². The van der Waals surface area contributed by atoms with E-state index >= 15 is 0 Å². The first-order chi connectivity index (χ1) is 23.6. The van der Waals surface area contributed by atoms with Crippen LogP contribution in [0.15, 0.2) is 105 Å². The summed E-state index contributed by atoms with van der Waals surface area (Å²) in [6, 6.07) is 15.9. The number of hydrogen-bond acceptors (Lipinski definition) is 4. The number of nitrogens with zero attached hydrogens (tertiary/aromatic N) is 2. The molecular weight excluding hydrogens is 841 g/mol. The van der Waals surface area contributed by atoms with E-state index in [2.05, 4.69) is 9.98 Å². The molecule has 0 aliphatic carbocycles. The number of phenolic OH excluding ortho intramolecular Hbond substituents is 2. The molecule has 0 saturated heterocycles. The van der Waals surface area contributed by atoms with Crippen LogP contribution in [0.2, 0.25) is 0 Å². The zero-order chi connectivity index (χ0) is 41.0. The monoisotopic (exact) mass is 876 g/mol. The molecule has 0 fully saturated rings. The average molecular weight is 878 g/mol. The number of benzene rings is 4. The molecule has 19 heteroatoms. The van der Waals surface area contributed by atoms with Gasteiger partial charge in [0.15, 0.2) is 0 Å². The Balaban J connectivity index is 0.000000341. The van der Waals surface area contributed by atoms with Crippen molar-refractivity contribution in [3.8, 4) is 11.5 Å². The molecule has 53 heavy (non-hydrogen) atoms. The van der Waals surface area contributed by atoms with E-state index in [4.69, 9.17) is 18.6 Å². The second-order valence-corrected chi connectivity index (χ2v) is 20.8. The molecule has 4 aromatic carbocycles. The molecule has 4 nitrogen and oxygen atoms in total. The molecule has 2 N–H and O–H groups in total. The predicted octanol–water partition coefficient (Wildman–Crippen LogP) is 15.6. The Hall–Kier alpha value is -2.89. The summed E-state index contributed by atoms with van der Waals surface area (Å²) in [5.74, 6) is -0.299. The van der Waals surface area contributed by atoms with Crippen molar-refractivity contribution < 1.29 is 66.1 Å². The van der Waals surface area contributed by atoms with Crippen molar-refractivity contribution in [3.05, 3.63) is 107 Å². The summed E-state index contributed by atoms with van der Waals surface area (Å²) < 4.78 is 131. The van der Waals surface area contributed by atoms with Gasteiger partial charge in [-0.2, -0.15) is 0 Å². The van der Waals surface area contributed by atoms with Gasteiger partial charge in [-0.05, 0) is 58.4 Å². The standard InChI is InChI=1S/2C17H18F5NOS.2ClH.Ti/c2*1-17(2,3)13-8-6-7-12(16(13)24)11-23-14-9-4-5-10-15(14)25(18,19,20,21)22;;;/h2*4-11,24H,1-3H3;2*1H;/q;;;;+2/p-2. The third-order valence-corrected chi connectivity index (χ3v) is 9.35. The Bertz CT molecular complexity index is 1860. The van der Waals surface area contributed by atoms with Crippen molar-refractivity contribution in [1.82, 2.24) is 0 Å². The summed E-state index contributed by atoms with van der Waals surface area (Å²) in [7, 11) is -9.95. The van der Waals surface area contributed by atoms with Crippen LogP contribution in [0.4, 0.5) is 50.2 Å². The third kappa shape index (κ3) is 13.7. The fraction of sp³-hybridized carbons (Fsp3) is 0.235. The number of aromatic hydroxyl groups is 2. The normalized spacial score (nSPS) is 15.2. The van der Waals surface area contributed by atoms with E-state index in [1.807, 2.05) is 41.5 Å².